The molecule has 0 saturated carbocycles. The molecule has 1 atom stereocenters. The van der Waals surface area contributed by atoms with Crippen LogP contribution in [0.25, 0.3) is 0 Å². The molecule has 1 amide bonds. The molecule has 0 radical (unpaired) electrons. The number of furan rings is 1. The van der Waals surface area contributed by atoms with Gasteiger partial charge in [0.15, 0.2) is 0 Å². The Morgan fingerprint density at radius 3 is 3.12 bits per heavy atom. The second-order valence-electron chi connectivity index (χ2n) is 4.09. The van der Waals surface area contributed by atoms with Crippen molar-refractivity contribution in [2.24, 2.45) is 0 Å². The molecule has 1 aromatic rings. The van der Waals surface area contributed by atoms with Gasteiger partial charge in [-0.25, -0.2) is 0 Å². The van der Waals surface area contributed by atoms with Gasteiger partial charge in [0, 0.05) is 0 Å². The second kappa shape index (κ2) is 4.53. The number of nitrogens with one attached hydrogen (secondary N) is 1. The molecule has 0 saturated heterocycles. The molecule has 1 aromatic heterocycles. The van der Waals surface area contributed by atoms with Crippen LogP contribution in [0.15, 0.2) is 35.2 Å². The third kappa shape index (κ3) is 2.52. The fourth-order valence-corrected chi connectivity index (χ4v) is 1.79. The number of allylic oxidation sites excluding steroid dienone is 1. The summed E-state index contributed by atoms with van der Waals surface area (Å²) in [6, 6.07) is 1.59. The van der Waals surface area contributed by atoms with Gasteiger partial charge in [-0.15, -0.1) is 0 Å². The molecule has 86 valence electrons. The van der Waals surface area contributed by atoms with Crippen LogP contribution < -0.4 is 5.32 Å². The Labute approximate surface area is 94.0 Å². The van der Waals surface area contributed by atoms with Crippen molar-refractivity contribution in [3.63, 3.8) is 0 Å². The third-order valence-corrected chi connectivity index (χ3v) is 2.75. The van der Waals surface area contributed by atoms with Crippen molar-refractivity contribution >= 4 is 5.91 Å². The standard InChI is InChI=1S/C12H15NO3/c14-11(10-4-7-16-8-10)13-9-12(15)5-2-1-3-6-12/h2,4-5,7-8,15H,1,3,6,9H2,(H,13,14). The summed E-state index contributed by atoms with van der Waals surface area (Å²) in [5, 5.41) is 12.8. The van der Waals surface area contributed by atoms with Crippen molar-refractivity contribution in [2.45, 2.75) is 24.9 Å². The van der Waals surface area contributed by atoms with E-state index < -0.39 is 5.60 Å². The van der Waals surface area contributed by atoms with Gasteiger partial charge < -0.3 is 14.8 Å². The Kier molecular flexibility index (Phi) is 3.10. The van der Waals surface area contributed by atoms with Crippen molar-refractivity contribution in [3.05, 3.63) is 36.3 Å². The molecule has 1 unspecified atom stereocenters. The van der Waals surface area contributed by atoms with E-state index in [1.165, 1.54) is 12.5 Å². The lowest BCUT2D eigenvalue weighted by Gasteiger charge is -2.27. The topological polar surface area (TPSA) is 62.5 Å². The predicted molar refractivity (Wildman–Crippen MR) is 59.0 cm³/mol. The highest BCUT2D eigenvalue weighted by Gasteiger charge is 2.25. The highest BCUT2D eigenvalue weighted by atomic mass is 16.3. The normalized spacial score (nSPS) is 24.3. The van der Waals surface area contributed by atoms with Gasteiger partial charge in [-0.1, -0.05) is 12.2 Å². The lowest BCUT2D eigenvalue weighted by atomic mass is 9.91. The highest BCUT2D eigenvalue weighted by Crippen LogP contribution is 2.21. The molecule has 0 aliphatic heterocycles. The summed E-state index contributed by atoms with van der Waals surface area (Å²) in [6.07, 6.45) is 9.20. The summed E-state index contributed by atoms with van der Waals surface area (Å²) in [6.45, 7) is 0.244. The van der Waals surface area contributed by atoms with Crippen LogP contribution in [-0.4, -0.2) is 23.2 Å². The maximum absolute atomic E-state index is 11.6. The van der Waals surface area contributed by atoms with Crippen molar-refractivity contribution in [2.75, 3.05) is 6.54 Å². The van der Waals surface area contributed by atoms with Crippen LogP contribution >= 0.6 is 0 Å². The lowest BCUT2D eigenvalue weighted by Crippen LogP contribution is -2.42. The van der Waals surface area contributed by atoms with Gasteiger partial charge in [0.25, 0.3) is 5.91 Å². The van der Waals surface area contributed by atoms with E-state index in [2.05, 4.69) is 5.32 Å². The van der Waals surface area contributed by atoms with E-state index in [1.807, 2.05) is 6.08 Å². The van der Waals surface area contributed by atoms with Crippen molar-refractivity contribution in [1.29, 1.82) is 0 Å². The lowest BCUT2D eigenvalue weighted by molar-refractivity contribution is 0.0660. The Hall–Kier alpha value is -1.55. The van der Waals surface area contributed by atoms with E-state index in [9.17, 15) is 9.90 Å². The summed E-state index contributed by atoms with van der Waals surface area (Å²) < 4.78 is 4.82. The minimum Gasteiger partial charge on any atom is -0.472 e. The quantitative estimate of drug-likeness (QED) is 0.760. The first kappa shape index (κ1) is 11.0. The Morgan fingerprint density at radius 2 is 2.50 bits per heavy atom. The second-order valence-corrected chi connectivity index (χ2v) is 4.09. The SMILES string of the molecule is O=C(NCC1(O)C=CCCC1)c1ccoc1. The number of carbonyl (C=O) groups is 1. The minimum absolute atomic E-state index is 0.221. The minimum atomic E-state index is -0.891. The Balaban J connectivity index is 1.90. The van der Waals surface area contributed by atoms with Crippen LogP contribution in [-0.2, 0) is 0 Å². The number of hydrogen-bond acceptors (Lipinski definition) is 3. The largest absolute Gasteiger partial charge is 0.472 e. The average Bonchev–Trinajstić information content (AvgIpc) is 2.80. The van der Waals surface area contributed by atoms with Crippen molar-refractivity contribution in [1.82, 2.24) is 5.32 Å². The zero-order chi connectivity index (χ0) is 11.4. The molecule has 1 aliphatic rings. The number of rotatable bonds is 3. The number of amides is 1. The maximum atomic E-state index is 11.6. The van der Waals surface area contributed by atoms with Gasteiger partial charge in [0.05, 0.1) is 24.0 Å². The van der Waals surface area contributed by atoms with Crippen LogP contribution in [0.4, 0.5) is 0 Å². The highest BCUT2D eigenvalue weighted by molar-refractivity contribution is 5.93. The fraction of sp³-hybridized carbons (Fsp3) is 0.417. The van der Waals surface area contributed by atoms with Gasteiger partial charge in [0.1, 0.15) is 6.26 Å². The van der Waals surface area contributed by atoms with Crippen molar-refractivity contribution in [3.8, 4) is 0 Å². The summed E-state index contributed by atoms with van der Waals surface area (Å²) in [7, 11) is 0. The zero-order valence-corrected chi connectivity index (χ0v) is 8.98. The first-order chi connectivity index (χ1) is 7.70. The van der Waals surface area contributed by atoms with E-state index in [-0.39, 0.29) is 12.5 Å². The Bertz CT molecular complexity index is 383. The van der Waals surface area contributed by atoms with Gasteiger partial charge in [0.2, 0.25) is 0 Å². The monoisotopic (exact) mass is 221 g/mol. The molecule has 0 spiro atoms. The van der Waals surface area contributed by atoms with E-state index in [4.69, 9.17) is 4.42 Å². The van der Waals surface area contributed by atoms with Gasteiger partial charge in [-0.2, -0.15) is 0 Å². The van der Waals surface area contributed by atoms with Crippen LogP contribution in [0.3, 0.4) is 0 Å². The number of hydrogen-bond donors (Lipinski definition) is 2. The van der Waals surface area contributed by atoms with Gasteiger partial charge in [-0.3, -0.25) is 4.79 Å². The predicted octanol–water partition coefficient (Wildman–Crippen LogP) is 1.48. The van der Waals surface area contributed by atoms with Crippen LogP contribution in [0.2, 0.25) is 0 Å². The molecule has 2 rings (SSSR count). The molecule has 16 heavy (non-hydrogen) atoms. The molecule has 2 N–H and O–H groups in total. The first-order valence-electron chi connectivity index (χ1n) is 5.40. The molecule has 1 heterocycles. The van der Waals surface area contributed by atoms with Crippen molar-refractivity contribution < 1.29 is 14.3 Å². The third-order valence-electron chi connectivity index (χ3n) is 2.75. The van der Waals surface area contributed by atoms with Gasteiger partial charge in [-0.05, 0) is 25.3 Å². The van der Waals surface area contributed by atoms with E-state index >= 15 is 0 Å². The number of carbonyl (C=O) groups excluding carboxylic acids is 1. The summed E-state index contributed by atoms with van der Waals surface area (Å²) in [5.41, 5.74) is -0.416. The summed E-state index contributed by atoms with van der Waals surface area (Å²) in [4.78, 5) is 11.6. The number of aliphatic hydroxyl groups is 1. The van der Waals surface area contributed by atoms with Crippen LogP contribution in [0.1, 0.15) is 29.6 Å². The fourth-order valence-electron chi connectivity index (χ4n) is 1.79. The van der Waals surface area contributed by atoms with E-state index in [0.29, 0.717) is 12.0 Å². The molecule has 4 heteroatoms. The molecule has 0 fully saturated rings. The molecule has 1 aliphatic carbocycles. The average molecular weight is 221 g/mol. The van der Waals surface area contributed by atoms with E-state index in [0.717, 1.165) is 12.8 Å². The van der Waals surface area contributed by atoms with E-state index in [1.54, 1.807) is 12.1 Å². The molecular weight excluding hydrogens is 206 g/mol. The Morgan fingerprint density at radius 1 is 1.62 bits per heavy atom. The molecule has 4 nitrogen and oxygen atoms in total. The summed E-state index contributed by atoms with van der Waals surface area (Å²) in [5.74, 6) is -0.221. The van der Waals surface area contributed by atoms with Gasteiger partial charge >= 0.3 is 0 Å². The zero-order valence-electron chi connectivity index (χ0n) is 8.98. The molecule has 0 aromatic carbocycles. The summed E-state index contributed by atoms with van der Waals surface area (Å²) >= 11 is 0. The van der Waals surface area contributed by atoms with Crippen LogP contribution in [0.5, 0.6) is 0 Å². The van der Waals surface area contributed by atoms with Crippen LogP contribution in [0, 0.1) is 0 Å². The first-order valence-corrected chi connectivity index (χ1v) is 5.40. The molecule has 0 bridgehead atoms. The molecular formula is C12H15NO3. The maximum Gasteiger partial charge on any atom is 0.254 e. The smallest absolute Gasteiger partial charge is 0.254 e.